The van der Waals surface area contributed by atoms with Crippen molar-refractivity contribution in [3.8, 4) is 0 Å². The van der Waals surface area contributed by atoms with Crippen molar-refractivity contribution in [1.82, 2.24) is 10.8 Å². The van der Waals surface area contributed by atoms with Crippen molar-refractivity contribution >= 4 is 11.8 Å². The fourth-order valence-corrected chi connectivity index (χ4v) is 2.89. The maximum absolute atomic E-state index is 11.9. The maximum Gasteiger partial charge on any atom is 0.266 e. The summed E-state index contributed by atoms with van der Waals surface area (Å²) in [4.78, 5) is 28.6. The van der Waals surface area contributed by atoms with Crippen molar-refractivity contribution < 1.29 is 19.2 Å². The highest BCUT2D eigenvalue weighted by molar-refractivity contribution is 5.93. The van der Waals surface area contributed by atoms with Gasteiger partial charge in [0, 0.05) is 18.4 Å². The second-order valence-electron chi connectivity index (χ2n) is 5.34. The fraction of sp³-hybridized carbons (Fsp3) is 0.833. The Morgan fingerprint density at radius 1 is 1.44 bits per heavy atom. The monoisotopic (exact) mass is 254 g/mol. The first-order chi connectivity index (χ1) is 8.75. The average Bonchev–Trinajstić information content (AvgIpc) is 2.85. The number of amides is 2. The van der Waals surface area contributed by atoms with Gasteiger partial charge in [0.25, 0.3) is 5.91 Å². The molecule has 100 valence electrons. The zero-order valence-electron chi connectivity index (χ0n) is 10.2. The van der Waals surface area contributed by atoms with Gasteiger partial charge < -0.3 is 10.1 Å². The molecule has 2 amide bonds. The van der Waals surface area contributed by atoms with Gasteiger partial charge in [-0.2, -0.15) is 0 Å². The zero-order chi connectivity index (χ0) is 12.5. The van der Waals surface area contributed by atoms with Crippen LogP contribution in [-0.2, 0) is 19.2 Å². The molecule has 2 heterocycles. The lowest BCUT2D eigenvalue weighted by atomic mass is 9.72. The molecule has 2 N–H and O–H groups in total. The van der Waals surface area contributed by atoms with Crippen LogP contribution in [0.4, 0.5) is 0 Å². The zero-order valence-corrected chi connectivity index (χ0v) is 10.2. The molecular formula is C12H18N2O4. The SMILES string of the molecule is O=C1N[C@@H](C(=O)NOCC2CCOC2)[C@@H]2CC[C@H]12. The number of nitrogens with one attached hydrogen (secondary N) is 2. The molecule has 0 aromatic rings. The molecule has 0 aromatic heterocycles. The van der Waals surface area contributed by atoms with Crippen LogP contribution in [0.15, 0.2) is 0 Å². The minimum Gasteiger partial charge on any atom is -0.381 e. The normalized spacial score (nSPS) is 37.9. The maximum atomic E-state index is 11.9. The molecule has 3 aliphatic rings. The summed E-state index contributed by atoms with van der Waals surface area (Å²) < 4.78 is 5.22. The van der Waals surface area contributed by atoms with Gasteiger partial charge in [0.15, 0.2) is 0 Å². The molecule has 1 saturated carbocycles. The molecule has 18 heavy (non-hydrogen) atoms. The van der Waals surface area contributed by atoms with Gasteiger partial charge in [-0.05, 0) is 25.2 Å². The highest BCUT2D eigenvalue weighted by atomic mass is 16.7. The molecule has 0 spiro atoms. The molecule has 3 fully saturated rings. The lowest BCUT2D eigenvalue weighted by Crippen LogP contribution is -2.46. The van der Waals surface area contributed by atoms with Crippen LogP contribution >= 0.6 is 0 Å². The van der Waals surface area contributed by atoms with Crippen molar-refractivity contribution in [3.63, 3.8) is 0 Å². The van der Waals surface area contributed by atoms with Crippen molar-refractivity contribution in [2.24, 2.45) is 17.8 Å². The Morgan fingerprint density at radius 3 is 2.94 bits per heavy atom. The Balaban J connectivity index is 1.42. The van der Waals surface area contributed by atoms with Crippen LogP contribution in [0.25, 0.3) is 0 Å². The quantitative estimate of drug-likeness (QED) is 0.669. The Kier molecular flexibility index (Phi) is 3.22. The smallest absolute Gasteiger partial charge is 0.266 e. The Morgan fingerprint density at radius 2 is 2.33 bits per heavy atom. The molecule has 3 rings (SSSR count). The summed E-state index contributed by atoms with van der Waals surface area (Å²) in [7, 11) is 0. The summed E-state index contributed by atoms with van der Waals surface area (Å²) in [6.45, 7) is 1.94. The van der Waals surface area contributed by atoms with E-state index in [1.807, 2.05) is 0 Å². The van der Waals surface area contributed by atoms with E-state index >= 15 is 0 Å². The summed E-state index contributed by atoms with van der Waals surface area (Å²) in [5.41, 5.74) is 2.45. The van der Waals surface area contributed by atoms with Crippen LogP contribution in [0.2, 0.25) is 0 Å². The lowest BCUT2D eigenvalue weighted by molar-refractivity contribution is -0.138. The molecule has 6 heteroatoms. The molecule has 1 aliphatic carbocycles. The van der Waals surface area contributed by atoms with E-state index in [1.54, 1.807) is 0 Å². The molecule has 2 aliphatic heterocycles. The highest BCUT2D eigenvalue weighted by Gasteiger charge is 2.50. The van der Waals surface area contributed by atoms with E-state index in [2.05, 4.69) is 10.8 Å². The molecule has 1 unspecified atom stereocenters. The molecular weight excluding hydrogens is 236 g/mol. The Hall–Kier alpha value is -1.14. The number of fused-ring (bicyclic) bond motifs is 1. The summed E-state index contributed by atoms with van der Waals surface area (Å²) in [5.74, 6) is 0.352. The minimum atomic E-state index is -0.406. The van der Waals surface area contributed by atoms with Gasteiger partial charge >= 0.3 is 0 Å². The van der Waals surface area contributed by atoms with Gasteiger partial charge in [-0.15, -0.1) is 0 Å². The largest absolute Gasteiger partial charge is 0.381 e. The molecule has 4 atom stereocenters. The van der Waals surface area contributed by atoms with E-state index in [0.29, 0.717) is 19.1 Å². The van der Waals surface area contributed by atoms with Gasteiger partial charge in [0.1, 0.15) is 6.04 Å². The molecule has 6 nitrogen and oxygen atoms in total. The second kappa shape index (κ2) is 4.85. The first-order valence-corrected chi connectivity index (χ1v) is 6.55. The first-order valence-electron chi connectivity index (χ1n) is 6.55. The molecule has 0 aromatic carbocycles. The number of hydroxylamine groups is 1. The Bertz CT molecular complexity index is 354. The first kappa shape index (κ1) is 11.9. The van der Waals surface area contributed by atoms with Crippen LogP contribution in [0, 0.1) is 17.8 Å². The van der Waals surface area contributed by atoms with Gasteiger partial charge in [0.05, 0.1) is 13.2 Å². The topological polar surface area (TPSA) is 76.7 Å². The van der Waals surface area contributed by atoms with Gasteiger partial charge in [-0.1, -0.05) is 0 Å². The van der Waals surface area contributed by atoms with Gasteiger partial charge in [-0.25, -0.2) is 5.48 Å². The summed E-state index contributed by atoms with van der Waals surface area (Å²) in [5, 5.41) is 2.74. The predicted octanol–water partition coefficient (Wildman–Crippen LogP) is -0.405. The minimum absolute atomic E-state index is 0.00981. The van der Waals surface area contributed by atoms with Crippen molar-refractivity contribution in [3.05, 3.63) is 0 Å². The van der Waals surface area contributed by atoms with Crippen LogP contribution < -0.4 is 10.8 Å². The third-order valence-electron chi connectivity index (χ3n) is 4.19. The molecule has 0 radical (unpaired) electrons. The van der Waals surface area contributed by atoms with Crippen LogP contribution in [-0.4, -0.2) is 37.7 Å². The summed E-state index contributed by atoms with van der Waals surface area (Å²) in [6.07, 6.45) is 2.82. The predicted molar refractivity (Wildman–Crippen MR) is 61.2 cm³/mol. The molecule has 0 bridgehead atoms. The number of carbonyl (C=O) groups excluding carboxylic acids is 2. The Labute approximate surface area is 105 Å². The summed E-state index contributed by atoms with van der Waals surface area (Å²) in [6, 6.07) is -0.406. The number of hydrogen-bond acceptors (Lipinski definition) is 4. The highest BCUT2D eigenvalue weighted by Crippen LogP contribution is 2.41. The van der Waals surface area contributed by atoms with Crippen molar-refractivity contribution in [2.75, 3.05) is 19.8 Å². The van der Waals surface area contributed by atoms with Crippen molar-refractivity contribution in [2.45, 2.75) is 25.3 Å². The van der Waals surface area contributed by atoms with Crippen LogP contribution in [0.3, 0.4) is 0 Å². The fourth-order valence-electron chi connectivity index (χ4n) is 2.89. The van der Waals surface area contributed by atoms with E-state index in [4.69, 9.17) is 9.57 Å². The van der Waals surface area contributed by atoms with Crippen molar-refractivity contribution in [1.29, 1.82) is 0 Å². The average molecular weight is 254 g/mol. The number of carbonyl (C=O) groups is 2. The number of rotatable bonds is 4. The van der Waals surface area contributed by atoms with Crippen LogP contribution in [0.1, 0.15) is 19.3 Å². The van der Waals surface area contributed by atoms with E-state index in [9.17, 15) is 9.59 Å². The molecule has 2 saturated heterocycles. The van der Waals surface area contributed by atoms with E-state index in [-0.39, 0.29) is 23.7 Å². The van der Waals surface area contributed by atoms with Gasteiger partial charge in [-0.3, -0.25) is 14.4 Å². The second-order valence-corrected chi connectivity index (χ2v) is 5.34. The third kappa shape index (κ3) is 2.10. The number of ether oxygens (including phenoxy) is 1. The van der Waals surface area contributed by atoms with E-state index < -0.39 is 6.04 Å². The summed E-state index contributed by atoms with van der Waals surface area (Å²) >= 11 is 0. The lowest BCUT2D eigenvalue weighted by Gasteiger charge is -2.30. The van der Waals surface area contributed by atoms with Gasteiger partial charge in [0.2, 0.25) is 5.91 Å². The van der Waals surface area contributed by atoms with Crippen LogP contribution in [0.5, 0.6) is 0 Å². The van der Waals surface area contributed by atoms with E-state index in [1.165, 1.54) is 0 Å². The third-order valence-corrected chi connectivity index (χ3v) is 4.19. The standard InChI is InChI=1S/C12H18N2O4/c15-11-9-2-1-8(9)10(13-11)12(16)14-18-6-7-3-4-17-5-7/h7-10H,1-6H2,(H,13,15)(H,14,16)/t7?,8-,9+,10-/m1/s1. The number of hydrogen-bond donors (Lipinski definition) is 2. The van der Waals surface area contributed by atoms with E-state index in [0.717, 1.165) is 25.9 Å².